The summed E-state index contributed by atoms with van der Waals surface area (Å²) >= 11 is 0. The first-order valence-electron chi connectivity index (χ1n) is 4.86. The predicted molar refractivity (Wildman–Crippen MR) is 50.6 cm³/mol. The Morgan fingerprint density at radius 3 is 3.23 bits per heavy atom. The van der Waals surface area contributed by atoms with Crippen LogP contribution < -0.4 is 5.32 Å². The van der Waals surface area contributed by atoms with Crippen LogP contribution in [-0.4, -0.2) is 28.6 Å². The van der Waals surface area contributed by atoms with Crippen molar-refractivity contribution in [2.75, 3.05) is 13.6 Å². The van der Waals surface area contributed by atoms with Crippen LogP contribution in [0.1, 0.15) is 30.1 Å². The molecule has 0 radical (unpaired) electrons. The van der Waals surface area contributed by atoms with Crippen molar-refractivity contribution in [3.63, 3.8) is 0 Å². The van der Waals surface area contributed by atoms with E-state index in [1.54, 1.807) is 0 Å². The molecule has 4 heteroatoms. The highest BCUT2D eigenvalue weighted by Crippen LogP contribution is 2.28. The van der Waals surface area contributed by atoms with E-state index in [2.05, 4.69) is 15.6 Å². The summed E-state index contributed by atoms with van der Waals surface area (Å²) in [5.74, 6) is 0.605. The van der Waals surface area contributed by atoms with Crippen molar-refractivity contribution in [2.24, 2.45) is 7.05 Å². The Kier molecular flexibility index (Phi) is 2.31. The normalized spacial score (nSPS) is 21.5. The lowest BCUT2D eigenvalue weighted by Gasteiger charge is -2.21. The molecule has 1 heterocycles. The van der Waals surface area contributed by atoms with Gasteiger partial charge in [-0.2, -0.15) is 0 Å². The maximum atomic E-state index is 4.17. The minimum Gasteiger partial charge on any atom is -0.319 e. The van der Waals surface area contributed by atoms with Crippen molar-refractivity contribution in [3.8, 4) is 0 Å². The average molecular weight is 180 g/mol. The maximum Gasteiger partial charge on any atom is 0.0862 e. The first kappa shape index (κ1) is 8.69. The van der Waals surface area contributed by atoms with Gasteiger partial charge in [-0.15, -0.1) is 5.10 Å². The summed E-state index contributed by atoms with van der Waals surface area (Å²) in [6, 6.07) is 0. The van der Waals surface area contributed by atoms with E-state index in [4.69, 9.17) is 0 Å². The number of hydrogen-bond donors (Lipinski definition) is 1. The van der Waals surface area contributed by atoms with Crippen LogP contribution in [0.2, 0.25) is 0 Å². The molecule has 0 aromatic carbocycles. The zero-order valence-electron chi connectivity index (χ0n) is 8.25. The third-order valence-electron chi connectivity index (χ3n) is 2.75. The monoisotopic (exact) mass is 180 g/mol. The Morgan fingerprint density at radius 2 is 2.46 bits per heavy atom. The Hall–Kier alpha value is -0.900. The van der Waals surface area contributed by atoms with E-state index in [1.807, 2.05) is 18.8 Å². The number of likely N-dealkylation sites (N-methyl/N-ethyl adjacent to an activating group) is 1. The molecular formula is C9H16N4. The largest absolute Gasteiger partial charge is 0.319 e. The average Bonchev–Trinajstić information content (AvgIpc) is 2.50. The van der Waals surface area contributed by atoms with Gasteiger partial charge in [-0.3, -0.25) is 4.68 Å². The molecule has 72 valence electrons. The third kappa shape index (κ3) is 1.46. The van der Waals surface area contributed by atoms with Crippen LogP contribution in [-0.2, 0) is 13.5 Å². The van der Waals surface area contributed by atoms with Crippen molar-refractivity contribution in [1.29, 1.82) is 0 Å². The van der Waals surface area contributed by atoms with Crippen LogP contribution in [0.3, 0.4) is 0 Å². The zero-order chi connectivity index (χ0) is 9.26. The van der Waals surface area contributed by atoms with Crippen LogP contribution >= 0.6 is 0 Å². The molecule has 13 heavy (non-hydrogen) atoms. The van der Waals surface area contributed by atoms with Gasteiger partial charge in [0.2, 0.25) is 0 Å². The van der Waals surface area contributed by atoms with Gasteiger partial charge in [0, 0.05) is 19.5 Å². The van der Waals surface area contributed by atoms with E-state index in [-0.39, 0.29) is 0 Å². The van der Waals surface area contributed by atoms with E-state index in [0.717, 1.165) is 13.0 Å². The van der Waals surface area contributed by atoms with Crippen molar-refractivity contribution in [1.82, 2.24) is 20.3 Å². The van der Waals surface area contributed by atoms with Gasteiger partial charge < -0.3 is 5.32 Å². The van der Waals surface area contributed by atoms with Crippen molar-refractivity contribution in [3.05, 3.63) is 11.4 Å². The van der Waals surface area contributed by atoms with Gasteiger partial charge in [-0.25, -0.2) is 0 Å². The minimum atomic E-state index is 0.605. The molecule has 0 aliphatic heterocycles. The molecule has 2 rings (SSSR count). The third-order valence-corrected chi connectivity index (χ3v) is 2.75. The second-order valence-electron chi connectivity index (χ2n) is 3.69. The minimum absolute atomic E-state index is 0.605. The van der Waals surface area contributed by atoms with Gasteiger partial charge in [0.05, 0.1) is 11.4 Å². The summed E-state index contributed by atoms with van der Waals surface area (Å²) in [5, 5.41) is 11.5. The van der Waals surface area contributed by atoms with Gasteiger partial charge in [-0.05, 0) is 26.3 Å². The number of hydrogen-bond acceptors (Lipinski definition) is 3. The second kappa shape index (κ2) is 3.46. The lowest BCUT2D eigenvalue weighted by molar-refractivity contribution is 0.495. The Morgan fingerprint density at radius 1 is 1.62 bits per heavy atom. The van der Waals surface area contributed by atoms with E-state index >= 15 is 0 Å². The Labute approximate surface area is 78.3 Å². The molecule has 1 N–H and O–H groups in total. The number of nitrogens with one attached hydrogen (secondary N) is 1. The van der Waals surface area contributed by atoms with E-state index in [1.165, 1.54) is 24.2 Å². The van der Waals surface area contributed by atoms with Crippen LogP contribution in [0.4, 0.5) is 0 Å². The molecule has 1 aliphatic carbocycles. The number of fused-ring (bicyclic) bond motifs is 1. The van der Waals surface area contributed by atoms with Crippen LogP contribution in [0.25, 0.3) is 0 Å². The van der Waals surface area contributed by atoms with Crippen LogP contribution in [0, 0.1) is 0 Å². The SMILES string of the molecule is CNCC1CCCc2nnn(C)c21. The fraction of sp³-hybridized carbons (Fsp3) is 0.778. The fourth-order valence-electron chi connectivity index (χ4n) is 2.18. The Balaban J connectivity index is 2.29. The lowest BCUT2D eigenvalue weighted by Crippen LogP contribution is -2.23. The standard InChI is InChI=1S/C9H16N4/c1-10-6-7-4-3-5-8-9(7)13(2)12-11-8/h7,10H,3-6H2,1-2H3. The van der Waals surface area contributed by atoms with Gasteiger partial charge in [-0.1, -0.05) is 5.21 Å². The predicted octanol–water partition coefficient (Wildman–Crippen LogP) is 0.454. The van der Waals surface area contributed by atoms with Gasteiger partial charge >= 0.3 is 0 Å². The molecule has 1 unspecified atom stereocenters. The summed E-state index contributed by atoms with van der Waals surface area (Å²) in [6.07, 6.45) is 3.61. The molecule has 0 spiro atoms. The van der Waals surface area contributed by atoms with Crippen molar-refractivity contribution < 1.29 is 0 Å². The van der Waals surface area contributed by atoms with Crippen LogP contribution in [0.5, 0.6) is 0 Å². The molecule has 0 bridgehead atoms. The maximum absolute atomic E-state index is 4.17. The Bertz CT molecular complexity index is 292. The smallest absolute Gasteiger partial charge is 0.0862 e. The second-order valence-corrected chi connectivity index (χ2v) is 3.69. The molecule has 0 saturated carbocycles. The summed E-state index contributed by atoms with van der Waals surface area (Å²) in [5.41, 5.74) is 2.54. The first-order valence-corrected chi connectivity index (χ1v) is 4.86. The van der Waals surface area contributed by atoms with E-state index in [0.29, 0.717) is 5.92 Å². The molecular weight excluding hydrogens is 164 g/mol. The van der Waals surface area contributed by atoms with Gasteiger partial charge in [0.25, 0.3) is 0 Å². The number of nitrogens with zero attached hydrogens (tertiary/aromatic N) is 3. The topological polar surface area (TPSA) is 42.7 Å². The van der Waals surface area contributed by atoms with Crippen molar-refractivity contribution >= 4 is 0 Å². The highest BCUT2D eigenvalue weighted by molar-refractivity contribution is 5.19. The highest BCUT2D eigenvalue weighted by Gasteiger charge is 2.24. The summed E-state index contributed by atoms with van der Waals surface area (Å²) in [4.78, 5) is 0. The molecule has 1 aromatic rings. The quantitative estimate of drug-likeness (QED) is 0.718. The van der Waals surface area contributed by atoms with E-state index in [9.17, 15) is 0 Å². The molecule has 1 atom stereocenters. The van der Waals surface area contributed by atoms with Crippen molar-refractivity contribution in [2.45, 2.75) is 25.2 Å². The lowest BCUT2D eigenvalue weighted by atomic mass is 9.89. The number of aromatic nitrogens is 3. The molecule has 4 nitrogen and oxygen atoms in total. The first-order chi connectivity index (χ1) is 6.33. The zero-order valence-corrected chi connectivity index (χ0v) is 8.25. The summed E-state index contributed by atoms with van der Waals surface area (Å²) < 4.78 is 1.93. The van der Waals surface area contributed by atoms with Gasteiger partial charge in [0.15, 0.2) is 0 Å². The number of rotatable bonds is 2. The summed E-state index contributed by atoms with van der Waals surface area (Å²) in [7, 11) is 3.98. The fourth-order valence-corrected chi connectivity index (χ4v) is 2.18. The number of aryl methyl sites for hydroxylation is 2. The summed E-state index contributed by atoms with van der Waals surface area (Å²) in [6.45, 7) is 1.04. The van der Waals surface area contributed by atoms with E-state index < -0.39 is 0 Å². The van der Waals surface area contributed by atoms with Gasteiger partial charge in [0.1, 0.15) is 0 Å². The highest BCUT2D eigenvalue weighted by atomic mass is 15.4. The van der Waals surface area contributed by atoms with Crippen LogP contribution in [0.15, 0.2) is 0 Å². The molecule has 0 saturated heterocycles. The molecule has 0 amide bonds. The molecule has 1 aliphatic rings. The molecule has 1 aromatic heterocycles. The molecule has 0 fully saturated rings.